The summed E-state index contributed by atoms with van der Waals surface area (Å²) in [6.07, 6.45) is 0. The van der Waals surface area contributed by atoms with Crippen molar-refractivity contribution in [2.45, 2.75) is 0 Å². The second-order valence-electron chi connectivity index (χ2n) is 11.6. The van der Waals surface area contributed by atoms with E-state index in [1.165, 1.54) is 37.7 Å². The van der Waals surface area contributed by atoms with Gasteiger partial charge >= 0.3 is 0 Å². The minimum Gasteiger partial charge on any atom is -0.246 e. The van der Waals surface area contributed by atoms with E-state index in [0.717, 1.165) is 60.4 Å². The highest BCUT2D eigenvalue weighted by molar-refractivity contribution is 6.26. The van der Waals surface area contributed by atoms with Crippen LogP contribution in [0.2, 0.25) is 0 Å². The Bertz CT molecular complexity index is 2830. The Morgan fingerprint density at radius 3 is 1.41 bits per heavy atom. The molecule has 0 aliphatic carbocycles. The largest absolute Gasteiger partial charge is 0.246 e. The van der Waals surface area contributed by atoms with Gasteiger partial charge in [0.25, 0.3) is 0 Å². The molecule has 44 heavy (non-hydrogen) atoms. The minimum atomic E-state index is 0.879. The van der Waals surface area contributed by atoms with Crippen LogP contribution < -0.4 is 0 Å². The highest BCUT2D eigenvalue weighted by Gasteiger charge is 2.15. The average Bonchev–Trinajstić information content (AvgIpc) is 3.10. The van der Waals surface area contributed by atoms with Crippen LogP contribution in [0.1, 0.15) is 0 Å². The molecule has 0 saturated carbocycles. The number of pyridine rings is 1. The third-order valence-electron chi connectivity index (χ3n) is 9.17. The summed E-state index contributed by atoms with van der Waals surface area (Å²) < 4.78 is 0. The Labute approximate surface area is 252 Å². The van der Waals surface area contributed by atoms with Gasteiger partial charge in [0.05, 0.1) is 33.1 Å². The van der Waals surface area contributed by atoms with Crippen LogP contribution in [0, 0.1) is 0 Å². The smallest absolute Gasteiger partial charge is 0.0979 e. The molecule has 2 heterocycles. The van der Waals surface area contributed by atoms with Crippen molar-refractivity contribution in [3.05, 3.63) is 140 Å². The number of nitrogens with zero attached hydrogens (tertiary/aromatic N) is 3. The molecule has 10 aromatic rings. The Hall–Kier alpha value is -5.93. The zero-order valence-corrected chi connectivity index (χ0v) is 23.6. The molecule has 202 valence electrons. The molecule has 2 aromatic heterocycles. The van der Waals surface area contributed by atoms with Gasteiger partial charge in [0.2, 0.25) is 0 Å². The standard InChI is InChI=1S/C41H23N3/c1-2-15-31-27(11-1)28-12-3-6-16-32(28)39-35(31)22-25-10-9-19-26(38(25)44-39)24-20-21-36-37(23-24)43-41-34-18-8-5-14-30(34)29-13-4-7-17-33(29)40(41)42-36/h1-23H. The number of fused-ring (bicyclic) bond motifs is 14. The van der Waals surface area contributed by atoms with Crippen molar-refractivity contribution in [3.63, 3.8) is 0 Å². The van der Waals surface area contributed by atoms with Gasteiger partial charge in [-0.1, -0.05) is 121 Å². The van der Waals surface area contributed by atoms with Gasteiger partial charge in [0, 0.05) is 32.5 Å². The monoisotopic (exact) mass is 557 g/mol. The van der Waals surface area contributed by atoms with Crippen molar-refractivity contribution in [3.8, 4) is 11.1 Å². The molecule has 0 fully saturated rings. The maximum atomic E-state index is 5.40. The first-order valence-electron chi connectivity index (χ1n) is 15.0. The second-order valence-corrected chi connectivity index (χ2v) is 11.6. The molecular weight excluding hydrogens is 534 g/mol. The van der Waals surface area contributed by atoms with E-state index in [-0.39, 0.29) is 0 Å². The first-order valence-corrected chi connectivity index (χ1v) is 15.0. The Morgan fingerprint density at radius 1 is 0.295 bits per heavy atom. The van der Waals surface area contributed by atoms with Gasteiger partial charge in [-0.3, -0.25) is 0 Å². The van der Waals surface area contributed by atoms with Gasteiger partial charge in [-0.15, -0.1) is 0 Å². The van der Waals surface area contributed by atoms with Crippen molar-refractivity contribution < 1.29 is 0 Å². The normalized spacial score (nSPS) is 12.1. The van der Waals surface area contributed by atoms with Crippen molar-refractivity contribution >= 4 is 87.0 Å². The van der Waals surface area contributed by atoms with E-state index in [9.17, 15) is 0 Å². The van der Waals surface area contributed by atoms with E-state index in [1.54, 1.807) is 0 Å². The van der Waals surface area contributed by atoms with Gasteiger partial charge in [-0.2, -0.15) is 0 Å². The summed E-state index contributed by atoms with van der Waals surface area (Å²) in [5.74, 6) is 0. The van der Waals surface area contributed by atoms with Gasteiger partial charge < -0.3 is 0 Å². The summed E-state index contributed by atoms with van der Waals surface area (Å²) in [4.78, 5) is 15.8. The highest BCUT2D eigenvalue weighted by atomic mass is 14.8. The van der Waals surface area contributed by atoms with Crippen molar-refractivity contribution in [2.75, 3.05) is 0 Å². The number of para-hydroxylation sites is 1. The molecule has 0 N–H and O–H groups in total. The van der Waals surface area contributed by atoms with Crippen LogP contribution >= 0.6 is 0 Å². The fourth-order valence-electron chi connectivity index (χ4n) is 7.17. The molecule has 0 spiro atoms. The lowest BCUT2D eigenvalue weighted by atomic mass is 9.95. The topological polar surface area (TPSA) is 38.7 Å². The van der Waals surface area contributed by atoms with E-state index >= 15 is 0 Å². The quantitative estimate of drug-likeness (QED) is 0.149. The van der Waals surface area contributed by atoms with Gasteiger partial charge in [-0.05, 0) is 50.7 Å². The maximum absolute atomic E-state index is 5.40. The highest BCUT2D eigenvalue weighted by Crippen LogP contribution is 2.39. The van der Waals surface area contributed by atoms with Crippen LogP contribution in [0.4, 0.5) is 0 Å². The van der Waals surface area contributed by atoms with Crippen LogP contribution in [-0.4, -0.2) is 15.0 Å². The molecule has 0 amide bonds. The third-order valence-corrected chi connectivity index (χ3v) is 9.17. The van der Waals surface area contributed by atoms with Crippen LogP contribution in [-0.2, 0) is 0 Å². The second kappa shape index (κ2) is 8.79. The Balaban J connectivity index is 1.26. The molecular formula is C41H23N3. The third kappa shape index (κ3) is 3.24. The number of hydrogen-bond acceptors (Lipinski definition) is 3. The summed E-state index contributed by atoms with van der Waals surface area (Å²) in [7, 11) is 0. The van der Waals surface area contributed by atoms with E-state index in [1.807, 2.05) is 0 Å². The first-order chi connectivity index (χ1) is 21.8. The van der Waals surface area contributed by atoms with Crippen molar-refractivity contribution in [2.24, 2.45) is 0 Å². The summed E-state index contributed by atoms with van der Waals surface area (Å²) >= 11 is 0. The molecule has 0 aliphatic heterocycles. The fraction of sp³-hybridized carbons (Fsp3) is 0. The van der Waals surface area contributed by atoms with E-state index in [0.29, 0.717) is 0 Å². The zero-order valence-electron chi connectivity index (χ0n) is 23.6. The molecule has 0 unspecified atom stereocenters. The van der Waals surface area contributed by atoms with Gasteiger partial charge in [0.15, 0.2) is 0 Å². The van der Waals surface area contributed by atoms with Crippen LogP contribution in [0.5, 0.6) is 0 Å². The lowest BCUT2D eigenvalue weighted by Crippen LogP contribution is -1.93. The summed E-state index contributed by atoms with van der Waals surface area (Å²) in [6.45, 7) is 0. The maximum Gasteiger partial charge on any atom is 0.0979 e. The molecule has 0 radical (unpaired) electrons. The lowest BCUT2D eigenvalue weighted by Gasteiger charge is -2.13. The Morgan fingerprint density at radius 2 is 0.795 bits per heavy atom. The molecule has 0 saturated heterocycles. The van der Waals surface area contributed by atoms with Crippen molar-refractivity contribution in [1.82, 2.24) is 15.0 Å². The Kier molecular flexibility index (Phi) is 4.72. The van der Waals surface area contributed by atoms with Crippen molar-refractivity contribution in [1.29, 1.82) is 0 Å². The molecule has 0 aliphatic rings. The predicted molar refractivity (Wildman–Crippen MR) is 185 cm³/mol. The zero-order chi connectivity index (χ0) is 28.8. The average molecular weight is 558 g/mol. The molecule has 8 aromatic carbocycles. The predicted octanol–water partition coefficient (Wildman–Crippen LogP) is 10.8. The van der Waals surface area contributed by atoms with E-state index < -0.39 is 0 Å². The molecule has 10 rings (SSSR count). The summed E-state index contributed by atoms with van der Waals surface area (Å²) in [5, 5.41) is 11.8. The van der Waals surface area contributed by atoms with Gasteiger partial charge in [-0.25, -0.2) is 15.0 Å². The van der Waals surface area contributed by atoms with Crippen LogP contribution in [0.3, 0.4) is 0 Å². The SMILES string of the molecule is c1cc(-c2ccc3nc4c5ccccc5c5ccccc5c4nc3c2)c2nc3c4ccccc4c4ccccc4c3cc2c1. The number of hydrogen-bond donors (Lipinski definition) is 0. The van der Waals surface area contributed by atoms with Crippen LogP contribution in [0.15, 0.2) is 140 Å². The number of benzene rings is 8. The van der Waals surface area contributed by atoms with Gasteiger partial charge in [0.1, 0.15) is 0 Å². The number of rotatable bonds is 1. The summed E-state index contributed by atoms with van der Waals surface area (Å²) in [6, 6.07) is 49.5. The summed E-state index contributed by atoms with van der Waals surface area (Å²) in [5.41, 5.74) is 7.84. The molecule has 3 nitrogen and oxygen atoms in total. The molecule has 0 bridgehead atoms. The first kappa shape index (κ1) is 23.6. The molecule has 3 heteroatoms. The van der Waals surface area contributed by atoms with E-state index in [4.69, 9.17) is 15.0 Å². The lowest BCUT2D eigenvalue weighted by molar-refractivity contribution is 1.41. The fourth-order valence-corrected chi connectivity index (χ4v) is 7.17. The number of aromatic nitrogens is 3. The molecule has 0 atom stereocenters. The minimum absolute atomic E-state index is 0.879. The van der Waals surface area contributed by atoms with Crippen LogP contribution in [0.25, 0.3) is 98.1 Å². The van der Waals surface area contributed by atoms with E-state index in [2.05, 4.69) is 140 Å².